The van der Waals surface area contributed by atoms with Crippen LogP contribution in [0.1, 0.15) is 36.3 Å². The Bertz CT molecular complexity index is 751. The molecule has 1 heterocycles. The normalized spacial score (nSPS) is 24.6. The molecule has 0 aromatic heterocycles. The summed E-state index contributed by atoms with van der Waals surface area (Å²) in [6.45, 7) is 2.12. The van der Waals surface area contributed by atoms with E-state index < -0.39 is 0 Å². The minimum Gasteiger partial charge on any atom is -0.493 e. The van der Waals surface area contributed by atoms with Gasteiger partial charge in [-0.3, -0.25) is 4.90 Å². The van der Waals surface area contributed by atoms with Gasteiger partial charge in [0, 0.05) is 25.0 Å². The zero-order valence-electron chi connectivity index (χ0n) is 16.5. The summed E-state index contributed by atoms with van der Waals surface area (Å²) in [6.07, 6.45) is 3.93. The third-order valence-corrected chi connectivity index (χ3v) is 6.29. The number of nitrogens with zero attached hydrogens (tertiary/aromatic N) is 1. The highest BCUT2D eigenvalue weighted by Gasteiger charge is 2.45. The largest absolute Gasteiger partial charge is 0.493 e. The first-order chi connectivity index (χ1) is 13.2. The van der Waals surface area contributed by atoms with Crippen LogP contribution in [0.15, 0.2) is 42.5 Å². The first kappa shape index (κ1) is 18.2. The second-order valence-corrected chi connectivity index (χ2v) is 7.64. The van der Waals surface area contributed by atoms with Gasteiger partial charge in [-0.15, -0.1) is 0 Å². The Morgan fingerprint density at radius 1 is 0.926 bits per heavy atom. The van der Waals surface area contributed by atoms with Crippen molar-refractivity contribution < 1.29 is 14.2 Å². The lowest BCUT2D eigenvalue weighted by atomic mass is 9.86. The van der Waals surface area contributed by atoms with E-state index >= 15 is 0 Å². The average Bonchev–Trinajstić information content (AvgIpc) is 3.31. The van der Waals surface area contributed by atoms with Gasteiger partial charge in [0.2, 0.25) is 5.75 Å². The Morgan fingerprint density at radius 2 is 1.63 bits per heavy atom. The molecule has 3 unspecified atom stereocenters. The number of ether oxygens (including phenoxy) is 3. The maximum Gasteiger partial charge on any atom is 0.203 e. The van der Waals surface area contributed by atoms with Crippen LogP contribution in [0.25, 0.3) is 0 Å². The predicted octanol–water partition coefficient (Wildman–Crippen LogP) is 4.48. The summed E-state index contributed by atoms with van der Waals surface area (Å²) in [6, 6.07) is 15.8. The van der Waals surface area contributed by atoms with Crippen LogP contribution >= 0.6 is 0 Å². The lowest BCUT2D eigenvalue weighted by Crippen LogP contribution is -2.29. The molecular formula is C23H29NO3. The first-order valence-electron chi connectivity index (χ1n) is 9.83. The van der Waals surface area contributed by atoms with Crippen molar-refractivity contribution in [1.29, 1.82) is 0 Å². The summed E-state index contributed by atoms with van der Waals surface area (Å²) in [7, 11) is 5.04. The molecule has 1 saturated heterocycles. The number of fused-ring (bicyclic) bond motifs is 1. The van der Waals surface area contributed by atoms with Crippen LogP contribution in [0.3, 0.4) is 0 Å². The Kier molecular flexibility index (Phi) is 5.26. The second-order valence-electron chi connectivity index (χ2n) is 7.64. The quantitative estimate of drug-likeness (QED) is 0.753. The Hall–Kier alpha value is -2.20. The number of hydrogen-bond acceptors (Lipinski definition) is 4. The van der Waals surface area contributed by atoms with Gasteiger partial charge in [0.05, 0.1) is 21.3 Å². The molecular weight excluding hydrogens is 338 g/mol. The third-order valence-electron chi connectivity index (χ3n) is 6.29. The lowest BCUT2D eigenvalue weighted by Gasteiger charge is -2.23. The van der Waals surface area contributed by atoms with Gasteiger partial charge in [-0.2, -0.15) is 0 Å². The molecule has 2 aliphatic rings. The van der Waals surface area contributed by atoms with Crippen LogP contribution in [0.5, 0.6) is 17.2 Å². The molecule has 0 spiro atoms. The highest BCUT2D eigenvalue weighted by molar-refractivity contribution is 5.55. The fraction of sp³-hybridized carbons (Fsp3) is 0.478. The average molecular weight is 367 g/mol. The molecule has 4 heteroatoms. The molecule has 4 rings (SSSR count). The van der Waals surface area contributed by atoms with Crippen molar-refractivity contribution in [1.82, 2.24) is 4.90 Å². The molecule has 1 saturated carbocycles. The molecule has 0 N–H and O–H groups in total. The van der Waals surface area contributed by atoms with Crippen LogP contribution in [-0.2, 0) is 6.54 Å². The van der Waals surface area contributed by atoms with E-state index in [9.17, 15) is 0 Å². The van der Waals surface area contributed by atoms with E-state index in [1.54, 1.807) is 21.3 Å². The lowest BCUT2D eigenvalue weighted by molar-refractivity contribution is 0.233. The molecule has 0 radical (unpaired) electrons. The van der Waals surface area contributed by atoms with Gasteiger partial charge in [0.25, 0.3) is 0 Å². The van der Waals surface area contributed by atoms with E-state index in [0.717, 1.165) is 24.6 Å². The third kappa shape index (κ3) is 3.39. The van der Waals surface area contributed by atoms with Gasteiger partial charge >= 0.3 is 0 Å². The van der Waals surface area contributed by atoms with E-state index in [1.165, 1.54) is 30.4 Å². The highest BCUT2D eigenvalue weighted by Crippen LogP contribution is 2.49. The van der Waals surface area contributed by atoms with E-state index in [0.29, 0.717) is 23.6 Å². The summed E-state index contributed by atoms with van der Waals surface area (Å²) in [5.74, 6) is 3.39. The topological polar surface area (TPSA) is 30.9 Å². The number of hydrogen-bond donors (Lipinski definition) is 0. The van der Waals surface area contributed by atoms with Crippen molar-refractivity contribution in [3.63, 3.8) is 0 Å². The molecule has 4 nitrogen and oxygen atoms in total. The van der Waals surface area contributed by atoms with Gasteiger partial charge < -0.3 is 14.2 Å². The van der Waals surface area contributed by atoms with Gasteiger partial charge in [0.1, 0.15) is 0 Å². The SMILES string of the molecule is COc1cc(C2CN(Cc3ccccc3)C3CCCC23)cc(OC)c1OC. The summed E-state index contributed by atoms with van der Waals surface area (Å²) in [5.41, 5.74) is 2.70. The summed E-state index contributed by atoms with van der Waals surface area (Å²) >= 11 is 0. The van der Waals surface area contributed by atoms with Crippen molar-refractivity contribution in [3.05, 3.63) is 53.6 Å². The molecule has 1 aliphatic heterocycles. The van der Waals surface area contributed by atoms with Crippen molar-refractivity contribution in [2.75, 3.05) is 27.9 Å². The summed E-state index contributed by atoms with van der Waals surface area (Å²) in [5, 5.41) is 0. The zero-order chi connectivity index (χ0) is 18.8. The monoisotopic (exact) mass is 367 g/mol. The van der Waals surface area contributed by atoms with E-state index in [2.05, 4.69) is 47.4 Å². The molecule has 0 amide bonds. The smallest absolute Gasteiger partial charge is 0.203 e. The molecule has 2 aromatic carbocycles. The maximum absolute atomic E-state index is 5.59. The molecule has 144 valence electrons. The summed E-state index contributed by atoms with van der Waals surface area (Å²) in [4.78, 5) is 2.68. The van der Waals surface area contributed by atoms with E-state index in [4.69, 9.17) is 14.2 Å². The fourth-order valence-electron chi connectivity index (χ4n) is 5.08. The van der Waals surface area contributed by atoms with Gasteiger partial charge in [-0.1, -0.05) is 36.8 Å². The highest BCUT2D eigenvalue weighted by atomic mass is 16.5. The number of methoxy groups -OCH3 is 3. The number of rotatable bonds is 6. The molecule has 2 fully saturated rings. The standard InChI is InChI=1S/C23H29NO3/c1-25-21-12-17(13-22(26-2)23(21)27-3)19-15-24(20-11-7-10-18(19)20)14-16-8-5-4-6-9-16/h4-6,8-9,12-13,18-20H,7,10-11,14-15H2,1-3H3. The molecule has 0 bridgehead atoms. The van der Waals surface area contributed by atoms with Crippen molar-refractivity contribution in [2.45, 2.75) is 37.8 Å². The van der Waals surface area contributed by atoms with Crippen molar-refractivity contribution >= 4 is 0 Å². The number of benzene rings is 2. The van der Waals surface area contributed by atoms with Crippen LogP contribution in [-0.4, -0.2) is 38.8 Å². The molecule has 2 aromatic rings. The first-order valence-corrected chi connectivity index (χ1v) is 9.83. The Labute approximate surface area is 162 Å². The zero-order valence-corrected chi connectivity index (χ0v) is 16.5. The molecule has 27 heavy (non-hydrogen) atoms. The molecule has 3 atom stereocenters. The van der Waals surface area contributed by atoms with Crippen LogP contribution in [0, 0.1) is 5.92 Å². The van der Waals surface area contributed by atoms with Crippen molar-refractivity contribution in [3.8, 4) is 17.2 Å². The Morgan fingerprint density at radius 3 is 2.26 bits per heavy atom. The molecule has 1 aliphatic carbocycles. The fourth-order valence-corrected chi connectivity index (χ4v) is 5.08. The predicted molar refractivity (Wildman–Crippen MR) is 107 cm³/mol. The van der Waals surface area contributed by atoms with Gasteiger partial charge in [-0.05, 0) is 42.0 Å². The number of likely N-dealkylation sites (tertiary alicyclic amines) is 1. The van der Waals surface area contributed by atoms with E-state index in [1.807, 2.05) is 0 Å². The Balaban J connectivity index is 1.64. The van der Waals surface area contributed by atoms with Crippen molar-refractivity contribution in [2.24, 2.45) is 5.92 Å². The van der Waals surface area contributed by atoms with Crippen LogP contribution < -0.4 is 14.2 Å². The second kappa shape index (κ2) is 7.81. The minimum atomic E-state index is 0.509. The minimum absolute atomic E-state index is 0.509. The van der Waals surface area contributed by atoms with Gasteiger partial charge in [-0.25, -0.2) is 0 Å². The maximum atomic E-state index is 5.59. The summed E-state index contributed by atoms with van der Waals surface area (Å²) < 4.78 is 16.7. The van der Waals surface area contributed by atoms with E-state index in [-0.39, 0.29) is 0 Å². The van der Waals surface area contributed by atoms with Gasteiger partial charge in [0.15, 0.2) is 11.5 Å². The van der Waals surface area contributed by atoms with Crippen LogP contribution in [0.4, 0.5) is 0 Å². The van der Waals surface area contributed by atoms with Crippen LogP contribution in [0.2, 0.25) is 0 Å².